The van der Waals surface area contributed by atoms with E-state index in [0.29, 0.717) is 4.60 Å². The van der Waals surface area contributed by atoms with E-state index in [2.05, 4.69) is 25.6 Å². The van der Waals surface area contributed by atoms with E-state index in [1.54, 1.807) is 0 Å². The fraction of sp³-hybridized carbons (Fsp3) is 0. The van der Waals surface area contributed by atoms with Crippen molar-refractivity contribution in [2.45, 2.75) is 5.09 Å². The SMILES string of the molecule is O=S(=O)(Cl)c1cc(Br)no1. The van der Waals surface area contributed by atoms with Gasteiger partial charge in [-0.3, -0.25) is 0 Å². The Labute approximate surface area is 69.7 Å². The number of hydrogen-bond acceptors (Lipinski definition) is 4. The van der Waals surface area contributed by atoms with Gasteiger partial charge in [0.05, 0.1) is 0 Å². The van der Waals surface area contributed by atoms with E-state index in [4.69, 9.17) is 10.7 Å². The highest BCUT2D eigenvalue weighted by atomic mass is 79.9. The van der Waals surface area contributed by atoms with Gasteiger partial charge >= 0.3 is 0 Å². The third kappa shape index (κ3) is 1.71. The fourth-order valence-electron chi connectivity index (χ4n) is 0.353. The molecule has 0 fully saturated rings. The Morgan fingerprint density at radius 2 is 2.30 bits per heavy atom. The zero-order chi connectivity index (χ0) is 7.78. The molecule has 0 aromatic carbocycles. The number of hydrogen-bond donors (Lipinski definition) is 0. The Hall–Kier alpha value is -0.0700. The van der Waals surface area contributed by atoms with Crippen LogP contribution < -0.4 is 0 Å². The van der Waals surface area contributed by atoms with Gasteiger partial charge < -0.3 is 4.52 Å². The van der Waals surface area contributed by atoms with Crippen LogP contribution >= 0.6 is 26.6 Å². The molecule has 0 saturated heterocycles. The van der Waals surface area contributed by atoms with E-state index in [0.717, 1.165) is 0 Å². The molecular weight excluding hydrogens is 245 g/mol. The minimum atomic E-state index is -3.77. The molecule has 1 aromatic heterocycles. The lowest BCUT2D eigenvalue weighted by Gasteiger charge is -1.80. The first kappa shape index (κ1) is 8.03. The molecule has 56 valence electrons. The van der Waals surface area contributed by atoms with Crippen molar-refractivity contribution in [1.82, 2.24) is 5.16 Å². The van der Waals surface area contributed by atoms with Gasteiger partial charge in [0.1, 0.15) is 0 Å². The lowest BCUT2D eigenvalue weighted by molar-refractivity contribution is 0.338. The van der Waals surface area contributed by atoms with Crippen molar-refractivity contribution >= 4 is 35.7 Å². The van der Waals surface area contributed by atoms with Crippen molar-refractivity contribution in [1.29, 1.82) is 0 Å². The van der Waals surface area contributed by atoms with Gasteiger partial charge in [0.25, 0.3) is 14.1 Å². The maximum absolute atomic E-state index is 10.5. The minimum absolute atomic E-state index is 0.298. The van der Waals surface area contributed by atoms with Gasteiger partial charge in [-0.2, -0.15) is 0 Å². The summed E-state index contributed by atoms with van der Waals surface area (Å²) >= 11 is 2.90. The van der Waals surface area contributed by atoms with E-state index in [9.17, 15) is 8.42 Å². The zero-order valence-corrected chi connectivity index (χ0v) is 7.57. The van der Waals surface area contributed by atoms with Crippen LogP contribution in [0.4, 0.5) is 0 Å². The predicted octanol–water partition coefficient (Wildman–Crippen LogP) is 1.36. The van der Waals surface area contributed by atoms with Gasteiger partial charge in [0.15, 0.2) is 4.60 Å². The molecule has 0 aliphatic heterocycles. The van der Waals surface area contributed by atoms with Crippen LogP contribution in [0.1, 0.15) is 0 Å². The Morgan fingerprint density at radius 1 is 1.70 bits per heavy atom. The smallest absolute Gasteiger partial charge is 0.297 e. The van der Waals surface area contributed by atoms with Crippen molar-refractivity contribution in [2.24, 2.45) is 0 Å². The molecule has 4 nitrogen and oxygen atoms in total. The summed E-state index contributed by atoms with van der Waals surface area (Å²) < 4.78 is 25.5. The Balaban J connectivity index is 3.21. The minimum Gasteiger partial charge on any atom is -0.342 e. The van der Waals surface area contributed by atoms with Gasteiger partial charge in [0.2, 0.25) is 0 Å². The summed E-state index contributed by atoms with van der Waals surface area (Å²) in [7, 11) is 1.12. The summed E-state index contributed by atoms with van der Waals surface area (Å²) in [6.07, 6.45) is 0. The second kappa shape index (κ2) is 2.52. The van der Waals surface area contributed by atoms with E-state index < -0.39 is 9.05 Å². The maximum Gasteiger partial charge on any atom is 0.297 e. The lowest BCUT2D eigenvalue weighted by atomic mass is 10.8. The molecule has 0 unspecified atom stereocenters. The van der Waals surface area contributed by atoms with Crippen molar-refractivity contribution in [2.75, 3.05) is 0 Å². The molecule has 1 heterocycles. The molecule has 0 atom stereocenters. The second-order valence-corrected chi connectivity index (χ2v) is 4.72. The van der Waals surface area contributed by atoms with Crippen LogP contribution in [-0.2, 0) is 9.05 Å². The van der Waals surface area contributed by atoms with E-state index >= 15 is 0 Å². The quantitative estimate of drug-likeness (QED) is 0.702. The summed E-state index contributed by atoms with van der Waals surface area (Å²) in [6, 6.07) is 1.17. The summed E-state index contributed by atoms with van der Waals surface area (Å²) in [6.45, 7) is 0. The van der Waals surface area contributed by atoms with Crippen molar-refractivity contribution < 1.29 is 12.9 Å². The van der Waals surface area contributed by atoms with Crippen LogP contribution in [0.2, 0.25) is 0 Å². The molecule has 0 radical (unpaired) electrons. The summed E-state index contributed by atoms with van der Waals surface area (Å²) in [5.74, 6) is 0. The third-order valence-electron chi connectivity index (χ3n) is 0.700. The fourth-order valence-corrected chi connectivity index (χ4v) is 1.38. The molecule has 0 N–H and O–H groups in total. The number of rotatable bonds is 1. The molecule has 0 saturated carbocycles. The van der Waals surface area contributed by atoms with Crippen LogP contribution in [0.25, 0.3) is 0 Å². The summed E-state index contributed by atoms with van der Waals surface area (Å²) in [5, 5.41) is 2.90. The molecule has 7 heteroatoms. The molecule has 0 bridgehead atoms. The maximum atomic E-state index is 10.5. The molecule has 0 aliphatic rings. The Kier molecular flexibility index (Phi) is 2.02. The van der Waals surface area contributed by atoms with Crippen LogP contribution in [0.15, 0.2) is 20.3 Å². The Morgan fingerprint density at radius 3 is 2.50 bits per heavy atom. The monoisotopic (exact) mass is 245 g/mol. The van der Waals surface area contributed by atoms with Crippen LogP contribution in [0.3, 0.4) is 0 Å². The van der Waals surface area contributed by atoms with Crippen LogP contribution in [0.5, 0.6) is 0 Å². The number of nitrogens with zero attached hydrogens (tertiary/aromatic N) is 1. The predicted molar refractivity (Wildman–Crippen MR) is 37.2 cm³/mol. The summed E-state index contributed by atoms with van der Waals surface area (Å²) in [4.78, 5) is 0. The molecule has 1 aromatic rings. The highest BCUT2D eigenvalue weighted by Crippen LogP contribution is 2.18. The Bertz CT molecular complexity index is 331. The second-order valence-electron chi connectivity index (χ2n) is 1.41. The average Bonchev–Trinajstić information content (AvgIpc) is 2.11. The zero-order valence-electron chi connectivity index (χ0n) is 4.41. The standard InChI is InChI=1S/C3HBrClNO3S/c4-2-1-3(9-6-2)10(5,7)8/h1H. The van der Waals surface area contributed by atoms with Gasteiger partial charge in [-0.05, 0) is 15.9 Å². The topological polar surface area (TPSA) is 60.2 Å². The first-order valence-corrected chi connectivity index (χ1v) is 5.17. The van der Waals surface area contributed by atoms with Crippen molar-refractivity contribution in [3.63, 3.8) is 0 Å². The lowest BCUT2D eigenvalue weighted by Crippen LogP contribution is -1.85. The largest absolute Gasteiger partial charge is 0.342 e. The van der Waals surface area contributed by atoms with Gasteiger partial charge in [-0.15, -0.1) is 0 Å². The number of aromatic nitrogens is 1. The number of halogens is 2. The van der Waals surface area contributed by atoms with Gasteiger partial charge in [-0.1, -0.05) is 5.16 Å². The molecule has 0 amide bonds. The van der Waals surface area contributed by atoms with Crippen molar-refractivity contribution in [3.8, 4) is 0 Å². The van der Waals surface area contributed by atoms with Gasteiger partial charge in [-0.25, -0.2) is 8.42 Å². The molecule has 10 heavy (non-hydrogen) atoms. The summed E-state index contributed by atoms with van der Waals surface area (Å²) in [5.41, 5.74) is 0. The van der Waals surface area contributed by atoms with Crippen molar-refractivity contribution in [3.05, 3.63) is 10.7 Å². The van der Waals surface area contributed by atoms with E-state index in [-0.39, 0.29) is 5.09 Å². The van der Waals surface area contributed by atoms with Gasteiger partial charge in [0, 0.05) is 16.7 Å². The molecule has 0 aliphatic carbocycles. The first-order valence-electron chi connectivity index (χ1n) is 2.07. The molecule has 0 spiro atoms. The van der Waals surface area contributed by atoms with Crippen LogP contribution in [-0.4, -0.2) is 13.6 Å². The van der Waals surface area contributed by atoms with E-state index in [1.807, 2.05) is 0 Å². The average molecular weight is 246 g/mol. The van der Waals surface area contributed by atoms with Crippen LogP contribution in [0, 0.1) is 0 Å². The normalized spacial score (nSPS) is 11.8. The first-order chi connectivity index (χ1) is 4.50. The third-order valence-corrected chi connectivity index (χ3v) is 2.20. The molecule has 1 rings (SSSR count). The highest BCUT2D eigenvalue weighted by molar-refractivity contribution is 9.10. The van der Waals surface area contributed by atoms with E-state index in [1.165, 1.54) is 6.07 Å². The molecular formula is C3HBrClNO3S. The highest BCUT2D eigenvalue weighted by Gasteiger charge is 2.15.